The molecule has 3 heteroatoms. The summed E-state index contributed by atoms with van der Waals surface area (Å²) in [6, 6.07) is 10.1. The lowest BCUT2D eigenvalue weighted by atomic mass is 10.1. The van der Waals surface area contributed by atoms with E-state index >= 15 is 0 Å². The number of halogens is 1. The average Bonchev–Trinajstić information content (AvgIpc) is 2.33. The third kappa shape index (κ3) is 3.55. The number of nitrogens with one attached hydrogen (secondary N) is 1. The van der Waals surface area contributed by atoms with Crippen molar-refractivity contribution in [3.05, 3.63) is 64.4 Å². The fourth-order valence-corrected chi connectivity index (χ4v) is 1.94. The number of nitrogens with zero attached hydrogens (tertiary/aromatic N) is 1. The van der Waals surface area contributed by atoms with Gasteiger partial charge >= 0.3 is 0 Å². The summed E-state index contributed by atoms with van der Waals surface area (Å²) < 4.78 is 0. The zero-order chi connectivity index (χ0) is 12.1. The summed E-state index contributed by atoms with van der Waals surface area (Å²) in [6.45, 7) is 3.62. The van der Waals surface area contributed by atoms with Gasteiger partial charge in [-0.05, 0) is 35.7 Å². The van der Waals surface area contributed by atoms with Crippen LogP contribution in [0.2, 0.25) is 5.02 Å². The highest BCUT2D eigenvalue weighted by Crippen LogP contribution is 2.17. The van der Waals surface area contributed by atoms with Crippen molar-refractivity contribution in [2.75, 3.05) is 0 Å². The standard InChI is InChI=1S/C14H15ClN2/c1-11-4-5-13(14(15)7-11)10-17-9-12-3-2-6-16-8-12/h2-8,17H,9-10H2,1H3. The zero-order valence-electron chi connectivity index (χ0n) is 9.78. The van der Waals surface area contributed by atoms with Gasteiger partial charge in [-0.2, -0.15) is 0 Å². The normalized spacial score (nSPS) is 10.5. The van der Waals surface area contributed by atoms with E-state index in [1.165, 1.54) is 11.1 Å². The van der Waals surface area contributed by atoms with E-state index in [4.69, 9.17) is 11.6 Å². The van der Waals surface area contributed by atoms with Gasteiger partial charge in [0, 0.05) is 30.5 Å². The molecule has 0 fully saturated rings. The van der Waals surface area contributed by atoms with Gasteiger partial charge in [-0.3, -0.25) is 4.98 Å². The first kappa shape index (κ1) is 12.1. The van der Waals surface area contributed by atoms with Gasteiger partial charge in [-0.15, -0.1) is 0 Å². The fourth-order valence-electron chi connectivity index (χ4n) is 1.64. The van der Waals surface area contributed by atoms with Crippen molar-refractivity contribution in [2.24, 2.45) is 0 Å². The molecule has 0 radical (unpaired) electrons. The molecule has 2 rings (SSSR count). The summed E-state index contributed by atoms with van der Waals surface area (Å²) in [6.07, 6.45) is 3.64. The van der Waals surface area contributed by atoms with Crippen LogP contribution in [0.5, 0.6) is 0 Å². The Kier molecular flexibility index (Phi) is 4.13. The summed E-state index contributed by atoms with van der Waals surface area (Å²) in [5.74, 6) is 0. The van der Waals surface area contributed by atoms with Crippen molar-refractivity contribution >= 4 is 11.6 Å². The molecule has 88 valence electrons. The first-order valence-electron chi connectivity index (χ1n) is 5.60. The van der Waals surface area contributed by atoms with Crippen molar-refractivity contribution in [1.29, 1.82) is 0 Å². The van der Waals surface area contributed by atoms with Crippen LogP contribution in [0.3, 0.4) is 0 Å². The van der Waals surface area contributed by atoms with Gasteiger partial charge in [0.25, 0.3) is 0 Å². The third-order valence-electron chi connectivity index (χ3n) is 2.58. The minimum atomic E-state index is 0.772. The molecule has 0 unspecified atom stereocenters. The maximum atomic E-state index is 6.16. The summed E-state index contributed by atoms with van der Waals surface area (Å²) in [5, 5.41) is 4.18. The van der Waals surface area contributed by atoms with Gasteiger partial charge in [0.2, 0.25) is 0 Å². The Bertz CT molecular complexity index is 483. The second kappa shape index (κ2) is 5.80. The molecule has 0 aliphatic rings. The van der Waals surface area contributed by atoms with Gasteiger partial charge < -0.3 is 5.32 Å². The molecule has 2 aromatic rings. The van der Waals surface area contributed by atoms with Crippen LogP contribution in [0.4, 0.5) is 0 Å². The van der Waals surface area contributed by atoms with Gasteiger partial charge in [0.05, 0.1) is 0 Å². The maximum Gasteiger partial charge on any atom is 0.0453 e. The molecule has 2 nitrogen and oxygen atoms in total. The van der Waals surface area contributed by atoms with Crippen LogP contribution in [0, 0.1) is 6.92 Å². The topological polar surface area (TPSA) is 24.9 Å². The zero-order valence-corrected chi connectivity index (χ0v) is 10.5. The van der Waals surface area contributed by atoms with Crippen LogP contribution in [-0.2, 0) is 13.1 Å². The van der Waals surface area contributed by atoms with Crippen molar-refractivity contribution in [3.8, 4) is 0 Å². The summed E-state index contributed by atoms with van der Waals surface area (Å²) >= 11 is 6.16. The molecule has 0 saturated heterocycles. The number of pyridine rings is 1. The quantitative estimate of drug-likeness (QED) is 0.895. The van der Waals surface area contributed by atoms with E-state index in [0.29, 0.717) is 0 Å². The predicted molar refractivity (Wildman–Crippen MR) is 71.0 cm³/mol. The number of aryl methyl sites for hydroxylation is 1. The molecule has 1 heterocycles. The highest BCUT2D eigenvalue weighted by Gasteiger charge is 2.00. The van der Waals surface area contributed by atoms with Crippen LogP contribution in [0.25, 0.3) is 0 Å². The van der Waals surface area contributed by atoms with Crippen molar-refractivity contribution in [2.45, 2.75) is 20.0 Å². The van der Waals surface area contributed by atoms with Gasteiger partial charge in [-0.1, -0.05) is 29.8 Å². The fraction of sp³-hybridized carbons (Fsp3) is 0.214. The highest BCUT2D eigenvalue weighted by atomic mass is 35.5. The van der Waals surface area contributed by atoms with Gasteiger partial charge in [0.15, 0.2) is 0 Å². The van der Waals surface area contributed by atoms with Gasteiger partial charge in [0.1, 0.15) is 0 Å². The first-order valence-corrected chi connectivity index (χ1v) is 5.98. The van der Waals surface area contributed by atoms with Crippen molar-refractivity contribution in [1.82, 2.24) is 10.3 Å². The Hall–Kier alpha value is -1.38. The van der Waals surface area contributed by atoms with E-state index in [-0.39, 0.29) is 0 Å². The minimum Gasteiger partial charge on any atom is -0.309 e. The molecule has 1 aromatic heterocycles. The molecule has 0 saturated carbocycles. The van der Waals surface area contributed by atoms with Crippen LogP contribution in [0.1, 0.15) is 16.7 Å². The van der Waals surface area contributed by atoms with Crippen molar-refractivity contribution < 1.29 is 0 Å². The van der Waals surface area contributed by atoms with E-state index in [1.54, 1.807) is 6.20 Å². The lowest BCUT2D eigenvalue weighted by Gasteiger charge is -2.07. The molecule has 0 atom stereocenters. The molecule has 0 aliphatic heterocycles. The SMILES string of the molecule is Cc1ccc(CNCc2cccnc2)c(Cl)c1. The van der Waals surface area contributed by atoms with E-state index < -0.39 is 0 Å². The Morgan fingerprint density at radius 3 is 2.82 bits per heavy atom. The lowest BCUT2D eigenvalue weighted by Crippen LogP contribution is -2.13. The maximum absolute atomic E-state index is 6.16. The molecule has 0 spiro atoms. The summed E-state index contributed by atoms with van der Waals surface area (Å²) in [4.78, 5) is 4.07. The van der Waals surface area contributed by atoms with E-state index in [0.717, 1.165) is 23.7 Å². The Balaban J connectivity index is 1.90. The highest BCUT2D eigenvalue weighted by molar-refractivity contribution is 6.31. The molecule has 0 aliphatic carbocycles. The number of benzene rings is 1. The second-order valence-electron chi connectivity index (χ2n) is 4.06. The van der Waals surface area contributed by atoms with E-state index in [2.05, 4.69) is 28.5 Å². The number of aromatic nitrogens is 1. The number of rotatable bonds is 4. The Morgan fingerprint density at radius 1 is 1.24 bits per heavy atom. The molecule has 1 aromatic carbocycles. The average molecular weight is 247 g/mol. The van der Waals surface area contributed by atoms with Crippen molar-refractivity contribution in [3.63, 3.8) is 0 Å². The first-order chi connectivity index (χ1) is 8.25. The smallest absolute Gasteiger partial charge is 0.0453 e. The Morgan fingerprint density at radius 2 is 2.12 bits per heavy atom. The molecule has 0 bridgehead atoms. The molecule has 0 amide bonds. The van der Waals surface area contributed by atoms with Crippen LogP contribution in [0.15, 0.2) is 42.7 Å². The van der Waals surface area contributed by atoms with Crippen LogP contribution in [-0.4, -0.2) is 4.98 Å². The summed E-state index contributed by atoms with van der Waals surface area (Å²) in [5.41, 5.74) is 3.49. The van der Waals surface area contributed by atoms with Crippen LogP contribution < -0.4 is 5.32 Å². The summed E-state index contributed by atoms with van der Waals surface area (Å²) in [7, 11) is 0. The number of hydrogen-bond acceptors (Lipinski definition) is 2. The molecular weight excluding hydrogens is 232 g/mol. The van der Waals surface area contributed by atoms with Crippen LogP contribution >= 0.6 is 11.6 Å². The van der Waals surface area contributed by atoms with E-state index in [1.807, 2.05) is 25.3 Å². The molecule has 1 N–H and O–H groups in total. The molecule has 17 heavy (non-hydrogen) atoms. The van der Waals surface area contributed by atoms with Gasteiger partial charge in [-0.25, -0.2) is 0 Å². The predicted octanol–water partition coefficient (Wildman–Crippen LogP) is 3.33. The monoisotopic (exact) mass is 246 g/mol. The van der Waals surface area contributed by atoms with E-state index in [9.17, 15) is 0 Å². The Labute approximate surface area is 107 Å². The molecular formula is C14H15ClN2. The third-order valence-corrected chi connectivity index (χ3v) is 2.93. The lowest BCUT2D eigenvalue weighted by molar-refractivity contribution is 0.691. The number of hydrogen-bond donors (Lipinski definition) is 1. The second-order valence-corrected chi connectivity index (χ2v) is 4.47. The largest absolute Gasteiger partial charge is 0.309 e. The minimum absolute atomic E-state index is 0.772.